The van der Waals surface area contributed by atoms with Gasteiger partial charge in [0.1, 0.15) is 0 Å². The second kappa shape index (κ2) is 6.13. The van der Waals surface area contributed by atoms with Crippen molar-refractivity contribution in [2.75, 3.05) is 5.73 Å². The van der Waals surface area contributed by atoms with Crippen LogP contribution in [0.25, 0.3) is 11.4 Å². The minimum absolute atomic E-state index is 0.686. The van der Waals surface area contributed by atoms with E-state index >= 15 is 0 Å². The van der Waals surface area contributed by atoms with Crippen LogP contribution in [0.3, 0.4) is 0 Å². The van der Waals surface area contributed by atoms with Gasteiger partial charge in [0, 0.05) is 22.3 Å². The quantitative estimate of drug-likeness (QED) is 0.859. The van der Waals surface area contributed by atoms with Gasteiger partial charge in [-0.25, -0.2) is 4.68 Å². The highest BCUT2D eigenvalue weighted by Gasteiger charge is 2.19. The molecule has 0 bridgehead atoms. The second-order valence-electron chi connectivity index (χ2n) is 5.86. The molecule has 1 aromatic heterocycles. The van der Waals surface area contributed by atoms with Crippen molar-refractivity contribution in [3.8, 4) is 11.4 Å². The Morgan fingerprint density at radius 2 is 2.05 bits per heavy atom. The summed E-state index contributed by atoms with van der Waals surface area (Å²) in [5.74, 6) is 1.50. The van der Waals surface area contributed by atoms with Crippen molar-refractivity contribution < 1.29 is 0 Å². The fourth-order valence-corrected chi connectivity index (χ4v) is 3.54. The highest BCUT2D eigenvalue weighted by Crippen LogP contribution is 2.31. The summed E-state index contributed by atoms with van der Waals surface area (Å²) in [4.78, 5) is 0. The molecule has 1 aromatic carbocycles. The Labute approximate surface area is 133 Å². The first-order chi connectivity index (χ1) is 10.1. The Morgan fingerprint density at radius 3 is 2.81 bits per heavy atom. The number of hydrogen-bond donors (Lipinski definition) is 1. The van der Waals surface area contributed by atoms with E-state index in [1.54, 1.807) is 0 Å². The molecule has 0 saturated heterocycles. The molecule has 0 spiro atoms. The van der Waals surface area contributed by atoms with Gasteiger partial charge >= 0.3 is 0 Å². The molecule has 0 amide bonds. The van der Waals surface area contributed by atoms with Gasteiger partial charge in [-0.2, -0.15) is 0 Å². The molecule has 3 rings (SSSR count). The normalized spacial score (nSPS) is 16.3. The van der Waals surface area contributed by atoms with Gasteiger partial charge in [-0.3, -0.25) is 0 Å². The van der Waals surface area contributed by atoms with Crippen LogP contribution in [0, 0.1) is 12.8 Å². The predicted molar refractivity (Wildman–Crippen MR) is 86.7 cm³/mol. The number of nitrogens with two attached hydrogens (primary N) is 1. The first-order valence-electron chi connectivity index (χ1n) is 7.47. The van der Waals surface area contributed by atoms with Crippen LogP contribution in [-0.2, 0) is 6.54 Å². The molecule has 1 aliphatic carbocycles. The van der Waals surface area contributed by atoms with Crippen molar-refractivity contribution in [2.24, 2.45) is 5.92 Å². The maximum Gasteiger partial charge on any atom is 0.182 e. The summed E-state index contributed by atoms with van der Waals surface area (Å²) in [6.45, 7) is 2.91. The molecule has 1 heterocycles. The van der Waals surface area contributed by atoms with Gasteiger partial charge < -0.3 is 5.73 Å². The van der Waals surface area contributed by atoms with Crippen LogP contribution in [0.5, 0.6) is 0 Å². The number of aromatic nitrogens is 4. The van der Waals surface area contributed by atoms with E-state index in [2.05, 4.69) is 31.5 Å². The first-order valence-corrected chi connectivity index (χ1v) is 8.26. The number of hydrogen-bond acceptors (Lipinski definition) is 4. The van der Waals surface area contributed by atoms with Gasteiger partial charge in [-0.15, -0.1) is 5.10 Å². The van der Waals surface area contributed by atoms with Gasteiger partial charge in [0.25, 0.3) is 0 Å². The minimum atomic E-state index is 0.686. The Balaban J connectivity index is 1.91. The molecular formula is C15H20BrN5. The number of benzene rings is 1. The maximum absolute atomic E-state index is 6.05. The molecule has 2 aromatic rings. The van der Waals surface area contributed by atoms with Crippen LogP contribution in [0.15, 0.2) is 16.6 Å². The number of nitrogens with zero attached hydrogens (tertiary/aromatic N) is 4. The molecule has 21 heavy (non-hydrogen) atoms. The standard InChI is InChI=1S/C15H20BrN5/c1-10-13(7-12(16)8-14(10)17)15-18-19-20-21(15)9-11-5-3-2-4-6-11/h7-8,11H,2-6,9,17H2,1H3. The molecule has 1 aliphatic rings. The van der Waals surface area contributed by atoms with E-state index < -0.39 is 0 Å². The molecule has 0 atom stereocenters. The first kappa shape index (κ1) is 14.5. The van der Waals surface area contributed by atoms with Gasteiger partial charge in [-0.05, 0) is 53.8 Å². The van der Waals surface area contributed by atoms with Crippen LogP contribution < -0.4 is 5.73 Å². The summed E-state index contributed by atoms with van der Waals surface area (Å²) in [6, 6.07) is 3.95. The molecule has 0 radical (unpaired) electrons. The van der Waals surface area contributed by atoms with Gasteiger partial charge in [0.15, 0.2) is 5.82 Å². The number of rotatable bonds is 3. The van der Waals surface area contributed by atoms with Crippen LogP contribution in [0.2, 0.25) is 0 Å². The minimum Gasteiger partial charge on any atom is -0.398 e. The van der Waals surface area contributed by atoms with Crippen LogP contribution in [0.1, 0.15) is 37.7 Å². The zero-order valence-corrected chi connectivity index (χ0v) is 13.8. The van der Waals surface area contributed by atoms with Gasteiger partial charge in [0.05, 0.1) is 0 Å². The number of nitrogen functional groups attached to an aromatic ring is 1. The second-order valence-corrected chi connectivity index (χ2v) is 6.77. The van der Waals surface area contributed by atoms with Gasteiger partial charge in [-0.1, -0.05) is 35.2 Å². The number of halogens is 1. The largest absolute Gasteiger partial charge is 0.398 e. The van der Waals surface area contributed by atoms with E-state index in [1.165, 1.54) is 32.1 Å². The molecule has 112 valence electrons. The fraction of sp³-hybridized carbons (Fsp3) is 0.533. The van der Waals surface area contributed by atoms with Crippen molar-refractivity contribution in [3.05, 3.63) is 22.2 Å². The smallest absolute Gasteiger partial charge is 0.182 e. The number of tetrazole rings is 1. The molecule has 1 fully saturated rings. The summed E-state index contributed by atoms with van der Waals surface area (Å²) in [5.41, 5.74) is 8.84. The summed E-state index contributed by atoms with van der Waals surface area (Å²) in [6.07, 6.45) is 6.56. The third kappa shape index (κ3) is 3.10. The molecule has 5 nitrogen and oxygen atoms in total. The summed E-state index contributed by atoms with van der Waals surface area (Å²) >= 11 is 3.50. The van der Waals surface area contributed by atoms with Crippen molar-refractivity contribution in [3.63, 3.8) is 0 Å². The highest BCUT2D eigenvalue weighted by atomic mass is 79.9. The Hall–Kier alpha value is -1.43. The van der Waals surface area contributed by atoms with E-state index in [0.717, 1.165) is 33.7 Å². The molecule has 6 heteroatoms. The van der Waals surface area contributed by atoms with Crippen LogP contribution in [0.4, 0.5) is 5.69 Å². The zero-order valence-electron chi connectivity index (χ0n) is 12.2. The summed E-state index contributed by atoms with van der Waals surface area (Å²) in [5, 5.41) is 12.3. The predicted octanol–water partition coefficient (Wildman–Crippen LogP) is 3.57. The molecule has 2 N–H and O–H groups in total. The van der Waals surface area contributed by atoms with Gasteiger partial charge in [0.2, 0.25) is 0 Å². The summed E-state index contributed by atoms with van der Waals surface area (Å²) < 4.78 is 2.89. The topological polar surface area (TPSA) is 69.6 Å². The van der Waals surface area contributed by atoms with Crippen LogP contribution in [-0.4, -0.2) is 20.2 Å². The van der Waals surface area contributed by atoms with Crippen molar-refractivity contribution >= 4 is 21.6 Å². The van der Waals surface area contributed by atoms with Crippen molar-refractivity contribution in [1.82, 2.24) is 20.2 Å². The molecule has 0 aliphatic heterocycles. The average Bonchev–Trinajstić information content (AvgIpc) is 2.92. The van der Waals surface area contributed by atoms with E-state index in [0.29, 0.717) is 5.92 Å². The summed E-state index contributed by atoms with van der Waals surface area (Å²) in [7, 11) is 0. The van der Waals surface area contributed by atoms with Crippen LogP contribution >= 0.6 is 15.9 Å². The molecule has 1 saturated carbocycles. The lowest BCUT2D eigenvalue weighted by molar-refractivity contribution is 0.307. The molecule has 0 unspecified atom stereocenters. The van der Waals surface area contributed by atoms with E-state index in [1.807, 2.05) is 23.7 Å². The lowest BCUT2D eigenvalue weighted by Crippen LogP contribution is -2.16. The Kier molecular flexibility index (Phi) is 4.24. The highest BCUT2D eigenvalue weighted by molar-refractivity contribution is 9.10. The molecular weight excluding hydrogens is 330 g/mol. The van der Waals surface area contributed by atoms with E-state index in [4.69, 9.17) is 5.73 Å². The number of anilines is 1. The lowest BCUT2D eigenvalue weighted by atomic mass is 9.89. The Morgan fingerprint density at radius 1 is 1.29 bits per heavy atom. The lowest BCUT2D eigenvalue weighted by Gasteiger charge is -2.21. The monoisotopic (exact) mass is 349 g/mol. The third-order valence-corrected chi connectivity index (χ3v) is 4.80. The van der Waals surface area contributed by atoms with Crippen molar-refractivity contribution in [1.29, 1.82) is 0 Å². The fourth-order valence-electron chi connectivity index (χ4n) is 3.07. The SMILES string of the molecule is Cc1c(N)cc(Br)cc1-c1nnnn1CC1CCCCC1. The van der Waals surface area contributed by atoms with Crippen molar-refractivity contribution in [2.45, 2.75) is 45.6 Å². The zero-order chi connectivity index (χ0) is 14.8. The maximum atomic E-state index is 6.05. The van der Waals surface area contributed by atoms with E-state index in [-0.39, 0.29) is 0 Å². The third-order valence-electron chi connectivity index (χ3n) is 4.34. The average molecular weight is 350 g/mol. The van der Waals surface area contributed by atoms with E-state index in [9.17, 15) is 0 Å². The Bertz CT molecular complexity index is 631.